The van der Waals surface area contributed by atoms with Crippen LogP contribution in [0.5, 0.6) is 0 Å². The van der Waals surface area contributed by atoms with Gasteiger partial charge in [-0.05, 0) is 25.7 Å². The van der Waals surface area contributed by atoms with Gasteiger partial charge in [-0.1, -0.05) is 6.42 Å². The van der Waals surface area contributed by atoms with E-state index >= 15 is 0 Å². The molecule has 0 aromatic carbocycles. The number of carboxylic acids is 1. The molecule has 0 bridgehead atoms. The SMILES string of the molecule is O=C(COC[C@]12COC[C@H]1CN(C1CCC1)C2)N1CCCC1.O=C(O)C(F)(F)F. The summed E-state index contributed by atoms with van der Waals surface area (Å²) in [4.78, 5) is 25.6. The Morgan fingerprint density at radius 2 is 1.83 bits per heavy atom. The Morgan fingerprint density at radius 1 is 1.17 bits per heavy atom. The number of likely N-dealkylation sites (tertiary alicyclic amines) is 2. The van der Waals surface area contributed by atoms with Crippen molar-refractivity contribution < 1.29 is 37.3 Å². The lowest BCUT2D eigenvalue weighted by Crippen LogP contribution is -2.42. The van der Waals surface area contributed by atoms with Gasteiger partial charge in [-0.3, -0.25) is 9.69 Å². The molecule has 10 heteroatoms. The van der Waals surface area contributed by atoms with Gasteiger partial charge in [-0.25, -0.2) is 4.79 Å². The van der Waals surface area contributed by atoms with Crippen molar-refractivity contribution in [1.82, 2.24) is 9.80 Å². The topological polar surface area (TPSA) is 79.3 Å². The van der Waals surface area contributed by atoms with E-state index in [0.717, 1.165) is 58.3 Å². The van der Waals surface area contributed by atoms with Gasteiger partial charge in [0.1, 0.15) is 6.61 Å². The number of fused-ring (bicyclic) bond motifs is 1. The van der Waals surface area contributed by atoms with E-state index in [4.69, 9.17) is 19.4 Å². The number of hydrogen-bond acceptors (Lipinski definition) is 5. The Balaban J connectivity index is 0.000000298. The van der Waals surface area contributed by atoms with E-state index in [1.807, 2.05) is 4.90 Å². The maximum Gasteiger partial charge on any atom is 0.490 e. The second-order valence-corrected chi connectivity index (χ2v) is 8.47. The number of rotatable bonds is 5. The van der Waals surface area contributed by atoms with Crippen LogP contribution in [0.1, 0.15) is 32.1 Å². The van der Waals surface area contributed by atoms with Crippen molar-refractivity contribution in [2.24, 2.45) is 11.3 Å². The molecule has 3 heterocycles. The lowest BCUT2D eigenvalue weighted by Gasteiger charge is -2.36. The lowest BCUT2D eigenvalue weighted by molar-refractivity contribution is -0.192. The van der Waals surface area contributed by atoms with Crippen molar-refractivity contribution >= 4 is 11.9 Å². The summed E-state index contributed by atoms with van der Waals surface area (Å²) in [5.41, 5.74) is 0.140. The minimum absolute atomic E-state index is 0.140. The van der Waals surface area contributed by atoms with E-state index in [2.05, 4.69) is 4.90 Å². The van der Waals surface area contributed by atoms with Crippen molar-refractivity contribution in [2.75, 3.05) is 52.6 Å². The van der Waals surface area contributed by atoms with E-state index in [1.165, 1.54) is 19.3 Å². The predicted molar refractivity (Wildman–Crippen MR) is 96.3 cm³/mol. The number of alkyl halides is 3. The molecule has 4 rings (SSSR count). The molecule has 166 valence electrons. The molecule has 4 aliphatic rings. The molecule has 7 nitrogen and oxygen atoms in total. The molecular weight excluding hydrogens is 393 g/mol. The van der Waals surface area contributed by atoms with E-state index in [-0.39, 0.29) is 17.9 Å². The zero-order chi connectivity index (χ0) is 21.1. The largest absolute Gasteiger partial charge is 0.490 e. The lowest BCUT2D eigenvalue weighted by atomic mass is 9.82. The van der Waals surface area contributed by atoms with Crippen LogP contribution in [0.15, 0.2) is 0 Å². The Labute approximate surface area is 168 Å². The Morgan fingerprint density at radius 3 is 2.38 bits per heavy atom. The molecule has 1 amide bonds. The quantitative estimate of drug-likeness (QED) is 0.728. The van der Waals surface area contributed by atoms with Crippen molar-refractivity contribution in [2.45, 2.75) is 44.3 Å². The Hall–Kier alpha value is -1.39. The molecule has 0 spiro atoms. The number of amides is 1. The Bertz CT molecular complexity index is 593. The van der Waals surface area contributed by atoms with Crippen molar-refractivity contribution in [1.29, 1.82) is 0 Å². The number of ether oxygens (including phenoxy) is 2. The highest BCUT2D eigenvalue weighted by atomic mass is 19.4. The first-order valence-corrected chi connectivity index (χ1v) is 10.2. The summed E-state index contributed by atoms with van der Waals surface area (Å²) in [6.45, 7) is 6.68. The summed E-state index contributed by atoms with van der Waals surface area (Å²) in [7, 11) is 0. The molecule has 3 aliphatic heterocycles. The summed E-state index contributed by atoms with van der Waals surface area (Å²) in [6, 6.07) is 0.800. The van der Waals surface area contributed by atoms with Crippen LogP contribution in [0.3, 0.4) is 0 Å². The number of carbonyl (C=O) groups excluding carboxylic acids is 1. The van der Waals surface area contributed by atoms with Gasteiger partial charge in [0.05, 0.1) is 19.8 Å². The van der Waals surface area contributed by atoms with Crippen LogP contribution in [0.2, 0.25) is 0 Å². The van der Waals surface area contributed by atoms with Gasteiger partial charge >= 0.3 is 12.1 Å². The van der Waals surface area contributed by atoms with Gasteiger partial charge in [0.25, 0.3) is 0 Å². The van der Waals surface area contributed by atoms with Crippen molar-refractivity contribution in [3.05, 3.63) is 0 Å². The molecule has 1 N–H and O–H groups in total. The number of carbonyl (C=O) groups is 2. The Kier molecular flexibility index (Phi) is 7.06. The average Bonchev–Trinajstić information content (AvgIpc) is 3.28. The van der Waals surface area contributed by atoms with Gasteiger partial charge in [-0.15, -0.1) is 0 Å². The van der Waals surface area contributed by atoms with Crippen molar-refractivity contribution in [3.63, 3.8) is 0 Å². The third-order valence-corrected chi connectivity index (χ3v) is 6.45. The van der Waals surface area contributed by atoms with Crippen LogP contribution in [0.25, 0.3) is 0 Å². The van der Waals surface area contributed by atoms with Crippen LogP contribution in [-0.4, -0.2) is 91.6 Å². The molecule has 0 aromatic rings. The first-order valence-electron chi connectivity index (χ1n) is 10.2. The second-order valence-electron chi connectivity index (χ2n) is 8.47. The maximum absolute atomic E-state index is 12.1. The number of nitrogens with zero attached hydrogens (tertiary/aromatic N) is 2. The molecular formula is C19H29F3N2O5. The molecule has 0 unspecified atom stereocenters. The van der Waals surface area contributed by atoms with Crippen LogP contribution in [0.4, 0.5) is 13.2 Å². The molecule has 1 aliphatic carbocycles. The van der Waals surface area contributed by atoms with Crippen LogP contribution in [-0.2, 0) is 19.1 Å². The first-order chi connectivity index (χ1) is 13.7. The van der Waals surface area contributed by atoms with Gasteiger partial charge in [-0.2, -0.15) is 13.2 Å². The zero-order valence-electron chi connectivity index (χ0n) is 16.5. The minimum Gasteiger partial charge on any atom is -0.475 e. The second kappa shape index (κ2) is 9.18. The summed E-state index contributed by atoms with van der Waals surface area (Å²) in [6.07, 6.45) is 1.30. The molecule has 0 aromatic heterocycles. The summed E-state index contributed by atoms with van der Waals surface area (Å²) >= 11 is 0. The molecule has 3 saturated heterocycles. The number of halogens is 3. The molecule has 0 radical (unpaired) electrons. The summed E-state index contributed by atoms with van der Waals surface area (Å²) in [5.74, 6) is -2.00. The van der Waals surface area contributed by atoms with E-state index in [1.54, 1.807) is 0 Å². The van der Waals surface area contributed by atoms with Crippen LogP contribution >= 0.6 is 0 Å². The smallest absolute Gasteiger partial charge is 0.475 e. The summed E-state index contributed by atoms with van der Waals surface area (Å²) in [5, 5.41) is 7.12. The highest BCUT2D eigenvalue weighted by molar-refractivity contribution is 5.77. The average molecular weight is 422 g/mol. The molecule has 29 heavy (non-hydrogen) atoms. The minimum atomic E-state index is -5.08. The number of aliphatic carboxylic acids is 1. The van der Waals surface area contributed by atoms with E-state index < -0.39 is 12.1 Å². The van der Waals surface area contributed by atoms with Crippen LogP contribution in [0, 0.1) is 11.3 Å². The molecule has 2 atom stereocenters. The fourth-order valence-corrected chi connectivity index (χ4v) is 4.51. The molecule has 1 saturated carbocycles. The zero-order valence-corrected chi connectivity index (χ0v) is 16.5. The predicted octanol–water partition coefficient (Wildman–Crippen LogP) is 1.76. The van der Waals surface area contributed by atoms with Crippen molar-refractivity contribution in [3.8, 4) is 0 Å². The van der Waals surface area contributed by atoms with Gasteiger partial charge in [0, 0.05) is 43.6 Å². The van der Waals surface area contributed by atoms with E-state index in [9.17, 15) is 18.0 Å². The van der Waals surface area contributed by atoms with Gasteiger partial charge in [0.15, 0.2) is 0 Å². The first kappa shape index (κ1) is 22.3. The summed E-state index contributed by atoms with van der Waals surface area (Å²) < 4.78 is 43.4. The van der Waals surface area contributed by atoms with E-state index in [0.29, 0.717) is 12.5 Å². The maximum atomic E-state index is 12.1. The van der Waals surface area contributed by atoms with Crippen LogP contribution < -0.4 is 0 Å². The molecule has 4 fully saturated rings. The number of hydrogen-bond donors (Lipinski definition) is 1. The standard InChI is InChI=1S/C17H28N2O3.C2HF3O2/c20-16(18-6-1-2-7-18)10-22-13-17-11-19(15-4-3-5-15)8-14(17)9-21-12-17;3-2(4,5)1(6)7/h14-15H,1-13H2;(H,6,7)/t14-,17+;/m1./s1. The highest BCUT2D eigenvalue weighted by Gasteiger charge is 2.52. The fourth-order valence-electron chi connectivity index (χ4n) is 4.51. The number of carboxylic acid groups (broad SMARTS) is 1. The third kappa shape index (κ3) is 5.40. The van der Waals surface area contributed by atoms with Gasteiger partial charge in [0.2, 0.25) is 5.91 Å². The van der Waals surface area contributed by atoms with Gasteiger partial charge < -0.3 is 19.5 Å². The third-order valence-electron chi connectivity index (χ3n) is 6.45. The normalized spacial score (nSPS) is 29.9. The highest BCUT2D eigenvalue weighted by Crippen LogP contribution is 2.44. The monoisotopic (exact) mass is 422 g/mol. The fraction of sp³-hybridized carbons (Fsp3) is 0.895.